The Kier molecular flexibility index (Phi) is 5.73. The van der Waals surface area contributed by atoms with Gasteiger partial charge in [0, 0.05) is 26.1 Å². The first-order valence-electron chi connectivity index (χ1n) is 9.69. The number of rotatable bonds is 7. The number of piperidine rings is 1. The fraction of sp³-hybridized carbons (Fsp3) is 0.500. The number of nitrogens with one attached hydrogen (secondary N) is 1. The molecular weight excluding hydrogens is 374 g/mol. The summed E-state index contributed by atoms with van der Waals surface area (Å²) in [6.45, 7) is 3.86. The zero-order chi connectivity index (χ0) is 20.1. The van der Waals surface area contributed by atoms with Crippen molar-refractivity contribution < 1.29 is 9.32 Å². The summed E-state index contributed by atoms with van der Waals surface area (Å²) in [4.78, 5) is 22.7. The Hall–Kier alpha value is -3.37. The van der Waals surface area contributed by atoms with Crippen LogP contribution >= 0.6 is 0 Å². The average Bonchev–Trinajstić information content (AvgIpc) is 3.43. The third-order valence-corrected chi connectivity index (χ3v) is 4.84. The lowest BCUT2D eigenvalue weighted by Gasteiger charge is -2.32. The van der Waals surface area contributed by atoms with Crippen LogP contribution in [0.4, 0.5) is 5.82 Å². The Bertz CT molecular complexity index is 923. The molecule has 4 rings (SSSR count). The number of aryl methyl sites for hydroxylation is 2. The van der Waals surface area contributed by atoms with Gasteiger partial charge in [0.1, 0.15) is 12.7 Å². The molecule has 1 aliphatic rings. The molecular formula is C18H23N9O2. The molecule has 11 heteroatoms. The first-order chi connectivity index (χ1) is 14.2. The van der Waals surface area contributed by atoms with Crippen molar-refractivity contribution in [3.05, 3.63) is 36.5 Å². The van der Waals surface area contributed by atoms with Crippen molar-refractivity contribution in [1.82, 2.24) is 40.4 Å². The molecule has 0 spiro atoms. The van der Waals surface area contributed by atoms with E-state index in [2.05, 4.69) is 40.6 Å². The predicted molar refractivity (Wildman–Crippen MR) is 102 cm³/mol. The summed E-state index contributed by atoms with van der Waals surface area (Å²) >= 11 is 0. The number of carbonyl (C=O) groups is 1. The van der Waals surface area contributed by atoms with Gasteiger partial charge in [0.15, 0.2) is 17.5 Å². The van der Waals surface area contributed by atoms with Crippen LogP contribution in [0.2, 0.25) is 0 Å². The number of hydrogen-bond acceptors (Lipinski definition) is 9. The largest absolute Gasteiger partial charge is 0.356 e. The molecule has 1 atom stereocenters. The topological polar surface area (TPSA) is 128 Å². The van der Waals surface area contributed by atoms with Crippen molar-refractivity contribution >= 4 is 11.7 Å². The van der Waals surface area contributed by atoms with Gasteiger partial charge in [0.05, 0.1) is 5.92 Å². The lowest BCUT2D eigenvalue weighted by atomic mass is 9.97. The van der Waals surface area contributed by atoms with Crippen molar-refractivity contribution in [2.75, 3.05) is 24.5 Å². The second-order valence-electron chi connectivity index (χ2n) is 7.00. The number of aromatic nitrogens is 7. The fourth-order valence-corrected chi connectivity index (χ4v) is 3.37. The lowest BCUT2D eigenvalue weighted by Crippen LogP contribution is -2.43. The zero-order valence-corrected chi connectivity index (χ0v) is 16.2. The van der Waals surface area contributed by atoms with Gasteiger partial charge in [-0.3, -0.25) is 4.79 Å². The van der Waals surface area contributed by atoms with E-state index < -0.39 is 0 Å². The SMILES string of the molecule is Cc1noc(CCCNC(=O)C2CCCN(c3ccc(-n4cncn4)nn3)C2)n1. The first kappa shape index (κ1) is 19.0. The highest BCUT2D eigenvalue weighted by molar-refractivity contribution is 5.79. The number of anilines is 1. The summed E-state index contributed by atoms with van der Waals surface area (Å²) in [5.74, 6) is 2.61. The van der Waals surface area contributed by atoms with Gasteiger partial charge in [-0.2, -0.15) is 10.1 Å². The summed E-state index contributed by atoms with van der Waals surface area (Å²) in [6, 6.07) is 3.75. The van der Waals surface area contributed by atoms with Gasteiger partial charge in [-0.05, 0) is 38.3 Å². The molecule has 4 heterocycles. The molecule has 29 heavy (non-hydrogen) atoms. The van der Waals surface area contributed by atoms with Crippen LogP contribution in [0, 0.1) is 12.8 Å². The monoisotopic (exact) mass is 397 g/mol. The lowest BCUT2D eigenvalue weighted by molar-refractivity contribution is -0.125. The minimum absolute atomic E-state index is 0.0637. The molecule has 1 aliphatic heterocycles. The van der Waals surface area contributed by atoms with Gasteiger partial charge in [-0.25, -0.2) is 9.67 Å². The first-order valence-corrected chi connectivity index (χ1v) is 9.69. The average molecular weight is 397 g/mol. The second-order valence-corrected chi connectivity index (χ2v) is 7.00. The van der Waals surface area contributed by atoms with E-state index in [9.17, 15) is 4.79 Å². The number of amides is 1. The van der Waals surface area contributed by atoms with E-state index in [-0.39, 0.29) is 11.8 Å². The quantitative estimate of drug-likeness (QED) is 0.573. The van der Waals surface area contributed by atoms with E-state index >= 15 is 0 Å². The third kappa shape index (κ3) is 4.73. The smallest absolute Gasteiger partial charge is 0.226 e. The fourth-order valence-electron chi connectivity index (χ4n) is 3.37. The molecule has 11 nitrogen and oxygen atoms in total. The molecule has 1 N–H and O–H groups in total. The molecule has 0 aliphatic carbocycles. The van der Waals surface area contributed by atoms with E-state index in [1.165, 1.54) is 6.33 Å². The van der Waals surface area contributed by atoms with Crippen LogP contribution in [0.15, 0.2) is 29.3 Å². The Morgan fingerprint density at radius 1 is 1.31 bits per heavy atom. The summed E-state index contributed by atoms with van der Waals surface area (Å²) in [6.07, 6.45) is 6.25. The predicted octanol–water partition coefficient (Wildman–Crippen LogP) is 0.714. The zero-order valence-electron chi connectivity index (χ0n) is 16.2. The highest BCUT2D eigenvalue weighted by Gasteiger charge is 2.26. The Labute approximate surface area is 167 Å². The molecule has 3 aromatic heterocycles. The van der Waals surface area contributed by atoms with Crippen molar-refractivity contribution in [2.24, 2.45) is 5.92 Å². The van der Waals surface area contributed by atoms with Crippen LogP contribution in [-0.4, -0.2) is 60.6 Å². The maximum atomic E-state index is 12.6. The maximum Gasteiger partial charge on any atom is 0.226 e. The van der Waals surface area contributed by atoms with Gasteiger partial charge in [0.2, 0.25) is 11.8 Å². The van der Waals surface area contributed by atoms with E-state index in [0.29, 0.717) is 37.0 Å². The molecule has 0 saturated carbocycles. The molecule has 0 bridgehead atoms. The second kappa shape index (κ2) is 8.76. The van der Waals surface area contributed by atoms with Crippen molar-refractivity contribution in [3.63, 3.8) is 0 Å². The molecule has 1 unspecified atom stereocenters. The molecule has 0 radical (unpaired) electrons. The van der Waals surface area contributed by atoms with Gasteiger partial charge in [0.25, 0.3) is 0 Å². The maximum absolute atomic E-state index is 12.6. The summed E-state index contributed by atoms with van der Waals surface area (Å²) in [5, 5.41) is 19.3. The minimum Gasteiger partial charge on any atom is -0.356 e. The van der Waals surface area contributed by atoms with Gasteiger partial charge in [-0.15, -0.1) is 10.2 Å². The highest BCUT2D eigenvalue weighted by atomic mass is 16.5. The minimum atomic E-state index is -0.0637. The molecule has 0 aromatic carbocycles. The summed E-state index contributed by atoms with van der Waals surface area (Å²) in [5.41, 5.74) is 0. The molecule has 1 fully saturated rings. The van der Waals surface area contributed by atoms with Gasteiger partial charge < -0.3 is 14.7 Å². The van der Waals surface area contributed by atoms with E-state index in [1.54, 1.807) is 17.9 Å². The van der Waals surface area contributed by atoms with Crippen molar-refractivity contribution in [2.45, 2.75) is 32.6 Å². The standard InChI is InChI=1S/C18H23N9O2/c1-13-22-17(29-25-13)5-2-8-20-18(28)14-4-3-9-26(10-14)15-6-7-16(24-23-15)27-12-19-11-21-27/h6-7,11-12,14H,2-5,8-10H2,1H3,(H,20,28). The highest BCUT2D eigenvalue weighted by Crippen LogP contribution is 2.21. The van der Waals surface area contributed by atoms with Gasteiger partial charge >= 0.3 is 0 Å². The van der Waals surface area contributed by atoms with Crippen LogP contribution in [0.25, 0.3) is 5.82 Å². The third-order valence-electron chi connectivity index (χ3n) is 4.84. The van der Waals surface area contributed by atoms with Crippen LogP contribution in [0.5, 0.6) is 0 Å². The van der Waals surface area contributed by atoms with Crippen LogP contribution in [0.1, 0.15) is 31.0 Å². The summed E-state index contributed by atoms with van der Waals surface area (Å²) in [7, 11) is 0. The Balaban J connectivity index is 1.26. The molecule has 1 saturated heterocycles. The molecule has 1 amide bonds. The van der Waals surface area contributed by atoms with Crippen molar-refractivity contribution in [3.8, 4) is 5.82 Å². The number of carbonyl (C=O) groups excluding carboxylic acids is 1. The Morgan fingerprint density at radius 2 is 2.17 bits per heavy atom. The van der Waals surface area contributed by atoms with Crippen molar-refractivity contribution in [1.29, 1.82) is 0 Å². The molecule has 152 valence electrons. The van der Waals surface area contributed by atoms with Gasteiger partial charge in [-0.1, -0.05) is 5.16 Å². The Morgan fingerprint density at radius 3 is 2.90 bits per heavy atom. The summed E-state index contributed by atoms with van der Waals surface area (Å²) < 4.78 is 6.63. The van der Waals surface area contributed by atoms with Crippen LogP contribution < -0.4 is 10.2 Å². The number of nitrogens with zero attached hydrogens (tertiary/aromatic N) is 8. The number of hydrogen-bond donors (Lipinski definition) is 1. The normalized spacial score (nSPS) is 16.7. The molecule has 3 aromatic rings. The van der Waals surface area contributed by atoms with Crippen LogP contribution in [0.3, 0.4) is 0 Å². The van der Waals surface area contributed by atoms with E-state index in [4.69, 9.17) is 4.52 Å². The van der Waals surface area contributed by atoms with Crippen LogP contribution in [-0.2, 0) is 11.2 Å². The van der Waals surface area contributed by atoms with E-state index in [0.717, 1.165) is 31.6 Å². The van der Waals surface area contributed by atoms with E-state index in [1.807, 2.05) is 12.1 Å².